The molecular formula is C15H21FN2O2. The van der Waals surface area contributed by atoms with Gasteiger partial charge in [0.25, 0.3) is 5.91 Å². The number of carbonyl (C=O) groups excluding carboxylic acids is 1. The molecule has 1 amide bonds. The Morgan fingerprint density at radius 3 is 2.65 bits per heavy atom. The summed E-state index contributed by atoms with van der Waals surface area (Å²) in [6.45, 7) is 0.838. The maximum absolute atomic E-state index is 13.0. The number of rotatable bonds is 4. The summed E-state index contributed by atoms with van der Waals surface area (Å²) in [5.74, 6) is -1.13. The van der Waals surface area contributed by atoms with Crippen LogP contribution < -0.4 is 5.73 Å². The molecule has 1 fully saturated rings. The van der Waals surface area contributed by atoms with Crippen LogP contribution in [-0.2, 0) is 0 Å². The van der Waals surface area contributed by atoms with Crippen LogP contribution in [0.3, 0.4) is 0 Å². The van der Waals surface area contributed by atoms with Crippen molar-refractivity contribution in [3.8, 4) is 5.75 Å². The fraction of sp³-hybridized carbons (Fsp3) is 0.533. The molecule has 0 saturated heterocycles. The van der Waals surface area contributed by atoms with Crippen molar-refractivity contribution < 1.29 is 14.3 Å². The zero-order valence-electron chi connectivity index (χ0n) is 11.5. The van der Waals surface area contributed by atoms with Gasteiger partial charge in [-0.2, -0.15) is 0 Å². The first-order valence-electron chi connectivity index (χ1n) is 7.13. The maximum atomic E-state index is 13.0. The van der Waals surface area contributed by atoms with E-state index in [0.29, 0.717) is 13.1 Å². The average molecular weight is 280 g/mol. The fourth-order valence-electron chi connectivity index (χ4n) is 2.82. The molecule has 2 rings (SSSR count). The van der Waals surface area contributed by atoms with Crippen LogP contribution in [-0.4, -0.2) is 35.0 Å². The van der Waals surface area contributed by atoms with E-state index in [2.05, 4.69) is 0 Å². The highest BCUT2D eigenvalue weighted by Gasteiger charge is 2.27. The highest BCUT2D eigenvalue weighted by Crippen LogP contribution is 2.26. The van der Waals surface area contributed by atoms with Crippen LogP contribution in [0.2, 0.25) is 0 Å². The third-order valence-corrected chi connectivity index (χ3v) is 3.84. The second-order valence-corrected chi connectivity index (χ2v) is 5.24. The van der Waals surface area contributed by atoms with Gasteiger partial charge in [0.05, 0.1) is 5.56 Å². The molecule has 0 aromatic heterocycles. The summed E-state index contributed by atoms with van der Waals surface area (Å²) in [4.78, 5) is 14.3. The van der Waals surface area contributed by atoms with E-state index in [1.807, 2.05) is 0 Å². The number of phenols is 1. The number of nitrogens with zero attached hydrogens (tertiary/aromatic N) is 1. The number of hydrogen-bond donors (Lipinski definition) is 2. The van der Waals surface area contributed by atoms with Crippen LogP contribution >= 0.6 is 0 Å². The Hall–Kier alpha value is -1.62. The molecule has 0 aliphatic heterocycles. The SMILES string of the molecule is NCCN(C(=O)c1ccc(F)cc1O)C1CCCCC1. The van der Waals surface area contributed by atoms with Gasteiger partial charge in [0.2, 0.25) is 0 Å². The van der Waals surface area contributed by atoms with E-state index >= 15 is 0 Å². The molecule has 20 heavy (non-hydrogen) atoms. The molecule has 0 atom stereocenters. The lowest BCUT2D eigenvalue weighted by molar-refractivity contribution is 0.0638. The van der Waals surface area contributed by atoms with Gasteiger partial charge in [-0.3, -0.25) is 4.79 Å². The topological polar surface area (TPSA) is 66.6 Å². The Morgan fingerprint density at radius 1 is 1.35 bits per heavy atom. The van der Waals surface area contributed by atoms with Crippen molar-refractivity contribution in [3.63, 3.8) is 0 Å². The minimum atomic E-state index is -0.554. The second kappa shape index (κ2) is 6.70. The number of aromatic hydroxyl groups is 1. The zero-order valence-corrected chi connectivity index (χ0v) is 11.5. The molecule has 0 bridgehead atoms. The van der Waals surface area contributed by atoms with Crippen LogP contribution in [0.25, 0.3) is 0 Å². The van der Waals surface area contributed by atoms with Gasteiger partial charge in [-0.1, -0.05) is 19.3 Å². The molecule has 4 nitrogen and oxygen atoms in total. The van der Waals surface area contributed by atoms with E-state index in [-0.39, 0.29) is 23.3 Å². The Bertz CT molecular complexity index is 473. The highest BCUT2D eigenvalue weighted by molar-refractivity contribution is 5.97. The number of carbonyl (C=O) groups is 1. The Morgan fingerprint density at radius 2 is 2.05 bits per heavy atom. The van der Waals surface area contributed by atoms with Crippen LogP contribution in [0, 0.1) is 5.82 Å². The standard InChI is InChI=1S/C15H21FN2O2/c16-11-6-7-13(14(19)10-11)15(20)18(9-8-17)12-4-2-1-3-5-12/h6-7,10,12,19H,1-5,8-9,17H2. The molecule has 1 aliphatic rings. The van der Waals surface area contributed by atoms with E-state index < -0.39 is 5.82 Å². The molecule has 0 spiro atoms. The van der Waals surface area contributed by atoms with Crippen molar-refractivity contribution in [2.24, 2.45) is 5.73 Å². The first-order valence-corrected chi connectivity index (χ1v) is 7.13. The van der Waals surface area contributed by atoms with Crippen molar-refractivity contribution in [2.75, 3.05) is 13.1 Å². The molecule has 3 N–H and O–H groups in total. The van der Waals surface area contributed by atoms with E-state index in [0.717, 1.165) is 31.7 Å². The van der Waals surface area contributed by atoms with E-state index in [4.69, 9.17) is 5.73 Å². The number of phenolic OH excluding ortho intramolecular Hbond substituents is 1. The Balaban J connectivity index is 2.21. The van der Waals surface area contributed by atoms with Crippen molar-refractivity contribution in [1.29, 1.82) is 0 Å². The van der Waals surface area contributed by atoms with Crippen molar-refractivity contribution in [3.05, 3.63) is 29.6 Å². The molecule has 1 aliphatic carbocycles. The van der Waals surface area contributed by atoms with Gasteiger partial charge < -0.3 is 15.7 Å². The van der Waals surface area contributed by atoms with Crippen LogP contribution in [0.1, 0.15) is 42.5 Å². The summed E-state index contributed by atoms with van der Waals surface area (Å²) >= 11 is 0. The minimum absolute atomic E-state index is 0.144. The molecular weight excluding hydrogens is 259 g/mol. The number of nitrogens with two attached hydrogens (primary N) is 1. The smallest absolute Gasteiger partial charge is 0.257 e. The summed E-state index contributed by atoms with van der Waals surface area (Å²) in [6, 6.07) is 3.66. The van der Waals surface area contributed by atoms with Gasteiger partial charge in [-0.15, -0.1) is 0 Å². The van der Waals surface area contributed by atoms with E-state index in [1.165, 1.54) is 18.6 Å². The van der Waals surface area contributed by atoms with Crippen LogP contribution in [0.15, 0.2) is 18.2 Å². The molecule has 0 unspecified atom stereocenters. The molecule has 110 valence electrons. The summed E-state index contributed by atoms with van der Waals surface area (Å²) in [5, 5.41) is 9.76. The Kier molecular flexibility index (Phi) is 4.95. The number of halogens is 1. The first-order chi connectivity index (χ1) is 9.63. The molecule has 1 aromatic rings. The molecule has 1 saturated carbocycles. The van der Waals surface area contributed by atoms with Gasteiger partial charge in [0.15, 0.2) is 0 Å². The zero-order chi connectivity index (χ0) is 14.5. The van der Waals surface area contributed by atoms with Gasteiger partial charge in [-0.05, 0) is 25.0 Å². The summed E-state index contributed by atoms with van der Waals surface area (Å²) in [6.07, 6.45) is 5.34. The lowest BCUT2D eigenvalue weighted by atomic mass is 9.93. The van der Waals surface area contributed by atoms with Crippen molar-refractivity contribution in [1.82, 2.24) is 4.90 Å². The number of benzene rings is 1. The molecule has 5 heteroatoms. The maximum Gasteiger partial charge on any atom is 0.257 e. The van der Waals surface area contributed by atoms with Gasteiger partial charge in [0, 0.05) is 25.2 Å². The molecule has 0 radical (unpaired) electrons. The summed E-state index contributed by atoms with van der Waals surface area (Å²) in [5.41, 5.74) is 5.74. The van der Waals surface area contributed by atoms with Crippen LogP contribution in [0.4, 0.5) is 4.39 Å². The van der Waals surface area contributed by atoms with Crippen LogP contribution in [0.5, 0.6) is 5.75 Å². The molecule has 0 heterocycles. The minimum Gasteiger partial charge on any atom is -0.507 e. The van der Waals surface area contributed by atoms with E-state index in [1.54, 1.807) is 4.90 Å². The second-order valence-electron chi connectivity index (χ2n) is 5.24. The van der Waals surface area contributed by atoms with Crippen molar-refractivity contribution >= 4 is 5.91 Å². The van der Waals surface area contributed by atoms with Crippen molar-refractivity contribution in [2.45, 2.75) is 38.1 Å². The third kappa shape index (κ3) is 3.28. The lowest BCUT2D eigenvalue weighted by Gasteiger charge is -2.34. The summed E-state index contributed by atoms with van der Waals surface area (Å²) in [7, 11) is 0. The fourth-order valence-corrected chi connectivity index (χ4v) is 2.82. The quantitative estimate of drug-likeness (QED) is 0.889. The first kappa shape index (κ1) is 14.8. The van der Waals surface area contributed by atoms with Gasteiger partial charge in [0.1, 0.15) is 11.6 Å². The average Bonchev–Trinajstić information content (AvgIpc) is 2.45. The number of hydrogen-bond acceptors (Lipinski definition) is 3. The number of amides is 1. The van der Waals surface area contributed by atoms with Gasteiger partial charge in [-0.25, -0.2) is 4.39 Å². The van der Waals surface area contributed by atoms with Gasteiger partial charge >= 0.3 is 0 Å². The molecule has 1 aromatic carbocycles. The lowest BCUT2D eigenvalue weighted by Crippen LogP contribution is -2.44. The summed E-state index contributed by atoms with van der Waals surface area (Å²) < 4.78 is 13.0. The monoisotopic (exact) mass is 280 g/mol. The normalized spacial score (nSPS) is 16.1. The Labute approximate surface area is 118 Å². The highest BCUT2D eigenvalue weighted by atomic mass is 19.1. The predicted octanol–water partition coefficient (Wildman–Crippen LogP) is 2.26. The predicted molar refractivity (Wildman–Crippen MR) is 75.0 cm³/mol. The largest absolute Gasteiger partial charge is 0.507 e. The van der Waals surface area contributed by atoms with E-state index in [9.17, 15) is 14.3 Å². The third-order valence-electron chi connectivity index (χ3n) is 3.84.